The number of hydrogen-bond acceptors (Lipinski definition) is 2. The smallest absolute Gasteiger partial charge is 0.244 e. The van der Waals surface area contributed by atoms with Gasteiger partial charge in [0, 0.05) is 11.3 Å². The van der Waals surface area contributed by atoms with Crippen molar-refractivity contribution in [2.24, 2.45) is 0 Å². The van der Waals surface area contributed by atoms with Crippen molar-refractivity contribution in [3.8, 4) is 11.4 Å². The molecule has 0 saturated heterocycles. The van der Waals surface area contributed by atoms with Gasteiger partial charge in [-0.1, -0.05) is 54.1 Å². The average molecular weight is 369 g/mol. The Labute approximate surface area is 164 Å². The van der Waals surface area contributed by atoms with Gasteiger partial charge in [-0.25, -0.2) is 4.98 Å². The molecule has 140 valence electrons. The number of amides is 1. The normalized spacial score (nSPS) is 11.0. The molecule has 0 aliphatic heterocycles. The molecule has 0 bridgehead atoms. The molecule has 1 heterocycles. The lowest BCUT2D eigenvalue weighted by Crippen LogP contribution is -2.20. The van der Waals surface area contributed by atoms with Gasteiger partial charge in [0.15, 0.2) is 0 Å². The molecule has 4 rings (SSSR count). The molecule has 4 heteroatoms. The third-order valence-corrected chi connectivity index (χ3v) is 5.14. The van der Waals surface area contributed by atoms with Gasteiger partial charge in [0.25, 0.3) is 0 Å². The van der Waals surface area contributed by atoms with Crippen molar-refractivity contribution in [1.29, 1.82) is 0 Å². The van der Waals surface area contributed by atoms with E-state index >= 15 is 0 Å². The molecule has 28 heavy (non-hydrogen) atoms. The second-order valence-electron chi connectivity index (χ2n) is 7.17. The van der Waals surface area contributed by atoms with Gasteiger partial charge in [-0.05, 0) is 50.1 Å². The highest BCUT2D eigenvalue weighted by Gasteiger charge is 2.15. The Bertz CT molecular complexity index is 1160. The molecule has 0 unspecified atom stereocenters. The number of rotatable bonds is 4. The zero-order valence-electron chi connectivity index (χ0n) is 16.4. The molecule has 1 N–H and O–H groups in total. The van der Waals surface area contributed by atoms with Crippen molar-refractivity contribution in [3.63, 3.8) is 0 Å². The monoisotopic (exact) mass is 369 g/mol. The van der Waals surface area contributed by atoms with Crippen LogP contribution < -0.4 is 5.32 Å². The number of aryl methyl sites for hydroxylation is 2. The summed E-state index contributed by atoms with van der Waals surface area (Å²) in [7, 11) is 0. The molecule has 1 amide bonds. The van der Waals surface area contributed by atoms with Gasteiger partial charge in [0.1, 0.15) is 12.4 Å². The summed E-state index contributed by atoms with van der Waals surface area (Å²) in [6, 6.07) is 22.1. The van der Waals surface area contributed by atoms with E-state index in [1.165, 1.54) is 5.56 Å². The maximum Gasteiger partial charge on any atom is 0.244 e. The maximum atomic E-state index is 12.9. The van der Waals surface area contributed by atoms with E-state index in [9.17, 15) is 4.79 Å². The van der Waals surface area contributed by atoms with Crippen LogP contribution in [-0.2, 0) is 11.3 Å². The molecule has 0 spiro atoms. The fourth-order valence-corrected chi connectivity index (χ4v) is 3.38. The van der Waals surface area contributed by atoms with E-state index in [2.05, 4.69) is 36.5 Å². The minimum atomic E-state index is -0.0646. The molecular formula is C24H23N3O. The highest BCUT2D eigenvalue weighted by molar-refractivity contribution is 5.93. The summed E-state index contributed by atoms with van der Waals surface area (Å²) in [5.41, 5.74) is 7.13. The van der Waals surface area contributed by atoms with Crippen molar-refractivity contribution in [2.45, 2.75) is 27.3 Å². The molecule has 1 aromatic heterocycles. The molecule has 3 aromatic carbocycles. The van der Waals surface area contributed by atoms with Crippen LogP contribution in [0.5, 0.6) is 0 Å². The third kappa shape index (κ3) is 3.41. The Hall–Kier alpha value is -3.40. The maximum absolute atomic E-state index is 12.9. The Morgan fingerprint density at radius 2 is 1.68 bits per heavy atom. The highest BCUT2D eigenvalue weighted by Crippen LogP contribution is 2.25. The fourth-order valence-electron chi connectivity index (χ4n) is 3.38. The number of aromatic nitrogens is 2. The second kappa shape index (κ2) is 7.31. The molecule has 0 atom stereocenters. The lowest BCUT2D eigenvalue weighted by atomic mass is 10.1. The highest BCUT2D eigenvalue weighted by atomic mass is 16.1. The van der Waals surface area contributed by atoms with Gasteiger partial charge in [-0.15, -0.1) is 0 Å². The van der Waals surface area contributed by atoms with Crippen molar-refractivity contribution in [3.05, 3.63) is 83.4 Å². The van der Waals surface area contributed by atoms with Crippen LogP contribution in [0.2, 0.25) is 0 Å². The fraction of sp³-hybridized carbons (Fsp3) is 0.167. The van der Waals surface area contributed by atoms with Crippen molar-refractivity contribution < 1.29 is 4.79 Å². The van der Waals surface area contributed by atoms with E-state index < -0.39 is 0 Å². The quantitative estimate of drug-likeness (QED) is 0.533. The predicted molar refractivity (Wildman–Crippen MR) is 114 cm³/mol. The first-order valence-electron chi connectivity index (χ1n) is 9.41. The van der Waals surface area contributed by atoms with E-state index in [4.69, 9.17) is 4.98 Å². The van der Waals surface area contributed by atoms with Gasteiger partial charge in [-0.2, -0.15) is 0 Å². The van der Waals surface area contributed by atoms with Crippen molar-refractivity contribution >= 4 is 22.6 Å². The van der Waals surface area contributed by atoms with Crippen LogP contribution in [0.4, 0.5) is 5.69 Å². The molecule has 0 saturated carbocycles. The van der Waals surface area contributed by atoms with Gasteiger partial charge < -0.3 is 9.88 Å². The first kappa shape index (κ1) is 18.0. The summed E-state index contributed by atoms with van der Waals surface area (Å²) >= 11 is 0. The van der Waals surface area contributed by atoms with Crippen LogP contribution in [0.1, 0.15) is 16.7 Å². The number of hydrogen-bond donors (Lipinski definition) is 1. The molecule has 4 aromatic rings. The Morgan fingerprint density at radius 1 is 0.929 bits per heavy atom. The summed E-state index contributed by atoms with van der Waals surface area (Å²) in [4.78, 5) is 17.7. The lowest BCUT2D eigenvalue weighted by Gasteiger charge is -2.13. The average Bonchev–Trinajstić information content (AvgIpc) is 3.04. The number of para-hydroxylation sites is 2. The largest absolute Gasteiger partial charge is 0.324 e. The summed E-state index contributed by atoms with van der Waals surface area (Å²) in [5.74, 6) is 0.738. The zero-order valence-corrected chi connectivity index (χ0v) is 16.4. The van der Waals surface area contributed by atoms with E-state index in [0.29, 0.717) is 0 Å². The second-order valence-corrected chi connectivity index (χ2v) is 7.17. The summed E-state index contributed by atoms with van der Waals surface area (Å²) in [6.07, 6.45) is 0. The minimum Gasteiger partial charge on any atom is -0.324 e. The number of imidazole rings is 1. The third-order valence-electron chi connectivity index (χ3n) is 5.14. The van der Waals surface area contributed by atoms with Crippen LogP contribution in [0, 0.1) is 20.8 Å². The van der Waals surface area contributed by atoms with Crippen LogP contribution in [0.3, 0.4) is 0 Å². The Kier molecular flexibility index (Phi) is 4.70. The van der Waals surface area contributed by atoms with Crippen molar-refractivity contribution in [1.82, 2.24) is 9.55 Å². The first-order valence-corrected chi connectivity index (χ1v) is 9.41. The van der Waals surface area contributed by atoms with Crippen LogP contribution in [-0.4, -0.2) is 15.5 Å². The molecular weight excluding hydrogens is 346 g/mol. The first-order chi connectivity index (χ1) is 13.5. The lowest BCUT2D eigenvalue weighted by molar-refractivity contribution is -0.116. The molecule has 0 aliphatic rings. The van der Waals surface area contributed by atoms with Gasteiger partial charge in [-0.3, -0.25) is 4.79 Å². The van der Waals surface area contributed by atoms with E-state index in [1.54, 1.807) is 0 Å². The summed E-state index contributed by atoms with van der Waals surface area (Å²) in [5, 5.41) is 3.05. The van der Waals surface area contributed by atoms with Gasteiger partial charge in [0.05, 0.1) is 11.0 Å². The van der Waals surface area contributed by atoms with Crippen LogP contribution >= 0.6 is 0 Å². The van der Waals surface area contributed by atoms with E-state index in [1.807, 2.05) is 60.9 Å². The van der Waals surface area contributed by atoms with E-state index in [0.717, 1.165) is 39.2 Å². The van der Waals surface area contributed by atoms with Crippen molar-refractivity contribution in [2.75, 3.05) is 5.32 Å². The Morgan fingerprint density at radius 3 is 2.46 bits per heavy atom. The predicted octanol–water partition coefficient (Wildman–Crippen LogP) is 5.27. The van der Waals surface area contributed by atoms with Crippen LogP contribution in [0.15, 0.2) is 66.7 Å². The molecule has 0 aliphatic carbocycles. The number of nitrogens with zero attached hydrogens (tertiary/aromatic N) is 2. The standard InChI is InChI=1S/C24H23N3O/c1-16-11-13-19(14-12-16)24-26-21-8-4-5-10-22(21)27(24)15-23(28)25-20-9-6-7-17(2)18(20)3/h4-14H,15H2,1-3H3,(H,25,28). The zero-order chi connectivity index (χ0) is 19.7. The van der Waals surface area contributed by atoms with Crippen LogP contribution in [0.25, 0.3) is 22.4 Å². The molecule has 0 radical (unpaired) electrons. The number of carbonyl (C=O) groups is 1. The van der Waals surface area contributed by atoms with Gasteiger partial charge in [0.2, 0.25) is 5.91 Å². The molecule has 0 fully saturated rings. The summed E-state index contributed by atoms with van der Waals surface area (Å²) in [6.45, 7) is 6.33. The number of fused-ring (bicyclic) bond motifs is 1. The minimum absolute atomic E-state index is 0.0646. The summed E-state index contributed by atoms with van der Waals surface area (Å²) < 4.78 is 1.99. The number of carbonyl (C=O) groups excluding carboxylic acids is 1. The number of nitrogens with one attached hydrogen (secondary N) is 1. The molecule has 4 nitrogen and oxygen atoms in total. The topological polar surface area (TPSA) is 46.9 Å². The SMILES string of the molecule is Cc1ccc(-c2nc3ccccc3n2CC(=O)Nc2cccc(C)c2C)cc1. The van der Waals surface area contributed by atoms with Gasteiger partial charge >= 0.3 is 0 Å². The number of benzene rings is 3. The Balaban J connectivity index is 1.71. The number of anilines is 1. The van der Waals surface area contributed by atoms with E-state index in [-0.39, 0.29) is 12.5 Å².